The van der Waals surface area contributed by atoms with Crippen LogP contribution in [0.15, 0.2) is 54.7 Å². The second kappa shape index (κ2) is 7.52. The molecule has 0 spiro atoms. The van der Waals surface area contributed by atoms with Gasteiger partial charge in [-0.15, -0.1) is 0 Å². The van der Waals surface area contributed by atoms with E-state index in [4.69, 9.17) is 11.6 Å². The van der Waals surface area contributed by atoms with E-state index >= 15 is 0 Å². The van der Waals surface area contributed by atoms with Crippen molar-refractivity contribution in [2.45, 2.75) is 13.8 Å². The van der Waals surface area contributed by atoms with Gasteiger partial charge in [-0.1, -0.05) is 29.3 Å². The van der Waals surface area contributed by atoms with Crippen molar-refractivity contribution < 1.29 is 4.79 Å². The van der Waals surface area contributed by atoms with Crippen LogP contribution in [0.3, 0.4) is 0 Å². The maximum absolute atomic E-state index is 12.7. The number of hydrogen-bond donors (Lipinski definition) is 1. The van der Waals surface area contributed by atoms with Crippen LogP contribution in [0, 0.1) is 17.4 Å². The van der Waals surface area contributed by atoms with Crippen LogP contribution in [0.25, 0.3) is 16.7 Å². The molecule has 0 saturated heterocycles. The van der Waals surface area contributed by atoms with E-state index in [0.717, 1.165) is 20.5 Å². The Labute approximate surface area is 180 Å². The van der Waals surface area contributed by atoms with Crippen LogP contribution in [0.1, 0.15) is 21.6 Å². The Balaban J connectivity index is 1.74. The molecule has 4 rings (SSSR count). The Kier molecular flexibility index (Phi) is 5.07. The zero-order valence-corrected chi connectivity index (χ0v) is 18.1. The highest BCUT2D eigenvalue weighted by molar-refractivity contribution is 14.1. The summed E-state index contributed by atoms with van der Waals surface area (Å²) < 4.78 is 2.88. The zero-order valence-electron chi connectivity index (χ0n) is 15.2. The van der Waals surface area contributed by atoms with Crippen molar-refractivity contribution in [3.8, 4) is 5.69 Å². The largest absolute Gasteiger partial charge is 0.322 e. The minimum atomic E-state index is -0.301. The summed E-state index contributed by atoms with van der Waals surface area (Å²) in [5.41, 5.74) is 4.38. The lowest BCUT2D eigenvalue weighted by Crippen LogP contribution is -2.13. The first-order valence-electron chi connectivity index (χ1n) is 8.62. The van der Waals surface area contributed by atoms with Gasteiger partial charge in [0, 0.05) is 15.5 Å². The first-order chi connectivity index (χ1) is 13.4. The molecule has 7 heteroatoms. The molecule has 4 aromatic rings. The van der Waals surface area contributed by atoms with Crippen molar-refractivity contribution in [1.82, 2.24) is 14.8 Å². The number of anilines is 1. The van der Waals surface area contributed by atoms with E-state index in [1.807, 2.05) is 62.4 Å². The first-order valence-corrected chi connectivity index (χ1v) is 10.1. The molecule has 0 fully saturated rings. The minimum absolute atomic E-state index is 0.301. The van der Waals surface area contributed by atoms with Gasteiger partial charge < -0.3 is 5.32 Å². The average molecular weight is 503 g/mol. The SMILES string of the molecule is Cc1ccc(NC(=O)c2cnc3c(c(C)nn3-c3ccc(I)cc3)c2Cl)cc1. The summed E-state index contributed by atoms with van der Waals surface area (Å²) in [6.45, 7) is 3.86. The van der Waals surface area contributed by atoms with E-state index in [-0.39, 0.29) is 5.91 Å². The smallest absolute Gasteiger partial charge is 0.258 e. The molecular weight excluding hydrogens is 487 g/mol. The first kappa shape index (κ1) is 18.9. The fraction of sp³-hybridized carbons (Fsp3) is 0.0952. The number of aromatic nitrogens is 3. The highest BCUT2D eigenvalue weighted by Gasteiger charge is 2.20. The van der Waals surface area contributed by atoms with Crippen molar-refractivity contribution in [2.75, 3.05) is 5.32 Å². The van der Waals surface area contributed by atoms with Crippen LogP contribution in [0.4, 0.5) is 5.69 Å². The van der Waals surface area contributed by atoms with Crippen LogP contribution in [-0.4, -0.2) is 20.7 Å². The number of nitrogens with one attached hydrogen (secondary N) is 1. The third-order valence-corrected chi connectivity index (χ3v) is 5.54. The third-order valence-electron chi connectivity index (χ3n) is 4.43. The molecule has 2 aromatic carbocycles. The Morgan fingerprint density at radius 1 is 1.07 bits per heavy atom. The van der Waals surface area contributed by atoms with Crippen LogP contribution >= 0.6 is 34.2 Å². The van der Waals surface area contributed by atoms with E-state index in [9.17, 15) is 4.79 Å². The number of carbonyl (C=O) groups excluding carboxylic acids is 1. The Morgan fingerprint density at radius 3 is 2.43 bits per heavy atom. The summed E-state index contributed by atoms with van der Waals surface area (Å²) in [6, 6.07) is 15.5. The van der Waals surface area contributed by atoms with E-state index < -0.39 is 0 Å². The fourth-order valence-corrected chi connectivity index (χ4v) is 3.68. The maximum atomic E-state index is 12.7. The second-order valence-corrected chi connectivity index (χ2v) is 8.10. The summed E-state index contributed by atoms with van der Waals surface area (Å²) in [6.07, 6.45) is 1.50. The zero-order chi connectivity index (χ0) is 19.8. The van der Waals surface area contributed by atoms with Crippen molar-refractivity contribution in [1.29, 1.82) is 0 Å². The minimum Gasteiger partial charge on any atom is -0.322 e. The molecule has 0 aliphatic rings. The summed E-state index contributed by atoms with van der Waals surface area (Å²) in [7, 11) is 0. The summed E-state index contributed by atoms with van der Waals surface area (Å²) in [5, 5.41) is 8.47. The van der Waals surface area contributed by atoms with Gasteiger partial charge in [-0.05, 0) is 72.8 Å². The molecule has 5 nitrogen and oxygen atoms in total. The predicted octanol–water partition coefficient (Wildman–Crippen LogP) is 5.55. The summed E-state index contributed by atoms with van der Waals surface area (Å²) >= 11 is 8.86. The molecule has 2 aromatic heterocycles. The molecule has 0 radical (unpaired) electrons. The van der Waals surface area contributed by atoms with Crippen LogP contribution in [-0.2, 0) is 0 Å². The molecule has 140 valence electrons. The van der Waals surface area contributed by atoms with Gasteiger partial charge in [0.2, 0.25) is 0 Å². The average Bonchev–Trinajstić information content (AvgIpc) is 3.02. The maximum Gasteiger partial charge on any atom is 0.258 e. The number of carbonyl (C=O) groups is 1. The van der Waals surface area contributed by atoms with Gasteiger partial charge in [-0.2, -0.15) is 5.10 Å². The number of rotatable bonds is 3. The molecule has 2 heterocycles. The van der Waals surface area contributed by atoms with Crippen LogP contribution < -0.4 is 5.32 Å². The summed E-state index contributed by atoms with van der Waals surface area (Å²) in [5.74, 6) is -0.301. The predicted molar refractivity (Wildman–Crippen MR) is 120 cm³/mol. The number of benzene rings is 2. The standard InChI is InChI=1S/C21H16ClIN4O/c1-12-3-7-15(8-4-12)25-21(28)17-11-24-20-18(19(17)22)13(2)26-27(20)16-9-5-14(23)6-10-16/h3-11H,1-2H3,(H,25,28). The van der Waals surface area contributed by atoms with Gasteiger partial charge in [0.05, 0.1) is 27.4 Å². The number of hydrogen-bond acceptors (Lipinski definition) is 3. The van der Waals surface area contributed by atoms with Crippen molar-refractivity contribution in [3.05, 3.63) is 80.1 Å². The van der Waals surface area contributed by atoms with Crippen molar-refractivity contribution in [2.24, 2.45) is 0 Å². The van der Waals surface area contributed by atoms with Crippen molar-refractivity contribution >= 4 is 56.8 Å². The van der Waals surface area contributed by atoms with Gasteiger partial charge in [0.15, 0.2) is 5.65 Å². The Morgan fingerprint density at radius 2 is 1.75 bits per heavy atom. The van der Waals surface area contributed by atoms with Gasteiger partial charge in [0.25, 0.3) is 5.91 Å². The molecule has 0 atom stereocenters. The number of amides is 1. The Hall–Kier alpha value is -2.45. The quantitative estimate of drug-likeness (QED) is 0.374. The summed E-state index contributed by atoms with van der Waals surface area (Å²) in [4.78, 5) is 17.2. The highest BCUT2D eigenvalue weighted by Crippen LogP contribution is 2.30. The topological polar surface area (TPSA) is 59.8 Å². The van der Waals surface area contributed by atoms with Gasteiger partial charge in [0.1, 0.15) is 0 Å². The fourth-order valence-electron chi connectivity index (χ4n) is 2.96. The second-order valence-electron chi connectivity index (χ2n) is 6.48. The molecule has 0 bridgehead atoms. The lowest BCUT2D eigenvalue weighted by molar-refractivity contribution is 0.102. The number of aryl methyl sites for hydroxylation is 2. The van der Waals surface area contributed by atoms with Crippen LogP contribution in [0.5, 0.6) is 0 Å². The normalized spacial score (nSPS) is 11.0. The molecule has 1 N–H and O–H groups in total. The van der Waals surface area contributed by atoms with E-state index in [2.05, 4.69) is 38.0 Å². The van der Waals surface area contributed by atoms with Gasteiger partial charge in [-0.25, -0.2) is 9.67 Å². The highest BCUT2D eigenvalue weighted by atomic mass is 127. The number of fused-ring (bicyclic) bond motifs is 1. The van der Waals surface area contributed by atoms with E-state index in [1.165, 1.54) is 6.20 Å². The third kappa shape index (κ3) is 3.49. The van der Waals surface area contributed by atoms with Gasteiger partial charge >= 0.3 is 0 Å². The lowest BCUT2D eigenvalue weighted by atomic mass is 10.1. The molecule has 0 aliphatic heterocycles. The number of halogens is 2. The molecule has 0 saturated carbocycles. The van der Waals surface area contributed by atoms with Crippen LogP contribution in [0.2, 0.25) is 5.02 Å². The van der Waals surface area contributed by atoms with Crippen molar-refractivity contribution in [3.63, 3.8) is 0 Å². The van der Waals surface area contributed by atoms with E-state index in [1.54, 1.807) is 4.68 Å². The van der Waals surface area contributed by atoms with Gasteiger partial charge in [-0.3, -0.25) is 4.79 Å². The Bertz CT molecular complexity index is 1180. The molecule has 0 aliphatic carbocycles. The molecule has 1 amide bonds. The molecule has 28 heavy (non-hydrogen) atoms. The lowest BCUT2D eigenvalue weighted by Gasteiger charge is -2.08. The van der Waals surface area contributed by atoms with E-state index in [0.29, 0.717) is 27.3 Å². The molecular formula is C21H16ClIN4O. The number of pyridine rings is 1. The molecule has 0 unspecified atom stereocenters. The monoisotopic (exact) mass is 502 g/mol. The number of nitrogens with zero attached hydrogens (tertiary/aromatic N) is 3.